The first-order chi connectivity index (χ1) is 6.87. The molecular formula is C11H20O3S. The van der Waals surface area contributed by atoms with Crippen molar-refractivity contribution in [3.63, 3.8) is 0 Å². The van der Waals surface area contributed by atoms with E-state index >= 15 is 0 Å². The first-order valence-corrected chi connectivity index (χ1v) is 7.00. The molecule has 0 aromatic rings. The maximum absolute atomic E-state index is 11.7. The lowest BCUT2D eigenvalue weighted by Crippen LogP contribution is -2.32. The van der Waals surface area contributed by atoms with Crippen LogP contribution in [0.25, 0.3) is 0 Å². The summed E-state index contributed by atoms with van der Waals surface area (Å²) in [6, 6.07) is 0. The lowest BCUT2D eigenvalue weighted by Gasteiger charge is -2.22. The Morgan fingerprint density at radius 3 is 2.60 bits per heavy atom. The zero-order valence-electron chi connectivity index (χ0n) is 9.75. The van der Waals surface area contributed by atoms with Crippen molar-refractivity contribution in [3.05, 3.63) is 11.8 Å². The average Bonchev–Trinajstić information content (AvgIpc) is 2.36. The number of hydrogen-bond acceptors (Lipinski definition) is 3. The van der Waals surface area contributed by atoms with E-state index in [1.807, 2.05) is 20.8 Å². The highest BCUT2D eigenvalue weighted by Gasteiger charge is 2.42. The quantitative estimate of drug-likeness (QED) is 0.551. The Bertz CT molecular complexity index is 339. The summed E-state index contributed by atoms with van der Waals surface area (Å²) in [7, 11) is -2.89. The normalized spacial score (nSPS) is 28.7. The minimum atomic E-state index is -2.89. The summed E-state index contributed by atoms with van der Waals surface area (Å²) >= 11 is 0. The van der Waals surface area contributed by atoms with Crippen molar-refractivity contribution < 1.29 is 13.2 Å². The third-order valence-electron chi connectivity index (χ3n) is 2.94. The van der Waals surface area contributed by atoms with E-state index in [-0.39, 0.29) is 0 Å². The van der Waals surface area contributed by atoms with Gasteiger partial charge in [-0.25, -0.2) is 8.42 Å². The number of ether oxygens (including phenoxy) is 1. The second-order valence-corrected chi connectivity index (χ2v) is 7.31. The van der Waals surface area contributed by atoms with Gasteiger partial charge in [0.05, 0.1) is 23.4 Å². The molecule has 88 valence electrons. The van der Waals surface area contributed by atoms with E-state index < -0.39 is 14.6 Å². The van der Waals surface area contributed by atoms with Crippen LogP contribution in [0.1, 0.15) is 40.0 Å². The predicted octanol–water partition coefficient (Wildman–Crippen LogP) is 2.28. The van der Waals surface area contributed by atoms with E-state index in [2.05, 4.69) is 0 Å². The third kappa shape index (κ3) is 2.97. The molecule has 1 aliphatic rings. The lowest BCUT2D eigenvalue weighted by molar-refractivity contribution is 0.227. The molecule has 0 aliphatic carbocycles. The van der Waals surface area contributed by atoms with Gasteiger partial charge in [0, 0.05) is 6.42 Å². The predicted molar refractivity (Wildman–Crippen MR) is 61.4 cm³/mol. The molecule has 15 heavy (non-hydrogen) atoms. The summed E-state index contributed by atoms with van der Waals surface area (Å²) in [5.41, 5.74) is 1.09. The van der Waals surface area contributed by atoms with Gasteiger partial charge < -0.3 is 4.74 Å². The van der Waals surface area contributed by atoms with E-state index in [9.17, 15) is 8.42 Å². The maximum atomic E-state index is 11.7. The SMILES string of the molecule is CC(C)=COCCC1(C)CCCS1(=O)=O. The zero-order chi connectivity index (χ0) is 11.5. The smallest absolute Gasteiger partial charge is 0.155 e. The van der Waals surface area contributed by atoms with Gasteiger partial charge in [-0.1, -0.05) is 0 Å². The molecule has 1 atom stereocenters. The summed E-state index contributed by atoms with van der Waals surface area (Å²) in [6.45, 7) is 6.23. The van der Waals surface area contributed by atoms with Crippen molar-refractivity contribution in [3.8, 4) is 0 Å². The first-order valence-electron chi connectivity index (χ1n) is 5.35. The van der Waals surface area contributed by atoms with Gasteiger partial charge in [-0.05, 0) is 39.2 Å². The molecule has 1 aliphatic heterocycles. The minimum absolute atomic E-state index is 0.339. The Hall–Kier alpha value is -0.510. The van der Waals surface area contributed by atoms with Gasteiger partial charge in [-0.15, -0.1) is 0 Å². The summed E-state index contributed by atoms with van der Waals surface area (Å²) in [5.74, 6) is 0.339. The van der Waals surface area contributed by atoms with Crippen molar-refractivity contribution in [2.24, 2.45) is 0 Å². The molecule has 0 N–H and O–H groups in total. The van der Waals surface area contributed by atoms with Gasteiger partial charge in [0.1, 0.15) is 0 Å². The average molecular weight is 232 g/mol. The highest BCUT2D eigenvalue weighted by Crippen LogP contribution is 2.34. The fraction of sp³-hybridized carbons (Fsp3) is 0.818. The van der Waals surface area contributed by atoms with E-state index in [1.54, 1.807) is 6.26 Å². The topological polar surface area (TPSA) is 43.4 Å². The Kier molecular flexibility index (Phi) is 3.82. The molecule has 1 fully saturated rings. The van der Waals surface area contributed by atoms with Crippen LogP contribution >= 0.6 is 0 Å². The van der Waals surface area contributed by atoms with Crippen LogP contribution in [-0.2, 0) is 14.6 Å². The van der Waals surface area contributed by atoms with Crippen molar-refractivity contribution in [1.82, 2.24) is 0 Å². The Balaban J connectivity index is 2.48. The van der Waals surface area contributed by atoms with Crippen LogP contribution in [0.3, 0.4) is 0 Å². The molecule has 0 radical (unpaired) electrons. The molecule has 0 saturated carbocycles. The summed E-state index contributed by atoms with van der Waals surface area (Å²) in [5, 5.41) is 0. The number of rotatable bonds is 4. The van der Waals surface area contributed by atoms with Crippen LogP contribution in [0.2, 0.25) is 0 Å². The van der Waals surface area contributed by atoms with E-state index in [4.69, 9.17) is 4.74 Å². The lowest BCUT2D eigenvalue weighted by atomic mass is 10.0. The molecule has 3 nitrogen and oxygen atoms in total. The molecular weight excluding hydrogens is 212 g/mol. The van der Waals surface area contributed by atoms with Crippen molar-refractivity contribution in [2.75, 3.05) is 12.4 Å². The second kappa shape index (κ2) is 4.56. The summed E-state index contributed by atoms with van der Waals surface area (Å²) in [6.07, 6.45) is 3.85. The van der Waals surface area contributed by atoms with Crippen molar-refractivity contribution in [1.29, 1.82) is 0 Å². The van der Waals surface area contributed by atoms with Crippen LogP contribution in [0, 0.1) is 0 Å². The standard InChI is InChI=1S/C11H20O3S/c1-10(2)9-14-7-6-11(3)5-4-8-15(11,12)13/h9H,4-8H2,1-3H3. The van der Waals surface area contributed by atoms with Gasteiger partial charge in [-0.3, -0.25) is 0 Å². The van der Waals surface area contributed by atoms with Gasteiger partial charge in [0.15, 0.2) is 9.84 Å². The molecule has 1 saturated heterocycles. The minimum Gasteiger partial charge on any atom is -0.501 e. The molecule has 0 amide bonds. The van der Waals surface area contributed by atoms with Crippen LogP contribution in [0.5, 0.6) is 0 Å². The maximum Gasteiger partial charge on any atom is 0.155 e. The number of hydrogen-bond donors (Lipinski definition) is 0. The molecule has 0 aromatic carbocycles. The van der Waals surface area contributed by atoms with Crippen molar-refractivity contribution in [2.45, 2.75) is 44.8 Å². The molecule has 1 rings (SSSR count). The monoisotopic (exact) mass is 232 g/mol. The van der Waals surface area contributed by atoms with Crippen LogP contribution in [-0.4, -0.2) is 25.5 Å². The van der Waals surface area contributed by atoms with Crippen molar-refractivity contribution >= 4 is 9.84 Å². The molecule has 1 unspecified atom stereocenters. The molecule has 1 heterocycles. The number of allylic oxidation sites excluding steroid dienone is 1. The van der Waals surface area contributed by atoms with E-state index in [1.165, 1.54) is 0 Å². The Morgan fingerprint density at radius 1 is 1.47 bits per heavy atom. The highest BCUT2D eigenvalue weighted by molar-refractivity contribution is 7.93. The fourth-order valence-corrected chi connectivity index (χ4v) is 3.69. The van der Waals surface area contributed by atoms with Crippen LogP contribution < -0.4 is 0 Å². The third-order valence-corrected chi connectivity index (χ3v) is 5.67. The van der Waals surface area contributed by atoms with Crippen LogP contribution in [0.4, 0.5) is 0 Å². The largest absolute Gasteiger partial charge is 0.501 e. The Labute approximate surface area is 92.4 Å². The molecule has 4 heteroatoms. The highest BCUT2D eigenvalue weighted by atomic mass is 32.2. The molecule has 0 aromatic heterocycles. The van der Waals surface area contributed by atoms with Crippen LogP contribution in [0.15, 0.2) is 11.8 Å². The summed E-state index contributed by atoms with van der Waals surface area (Å²) in [4.78, 5) is 0. The Morgan fingerprint density at radius 2 is 2.13 bits per heavy atom. The van der Waals surface area contributed by atoms with E-state index in [0.29, 0.717) is 18.8 Å². The molecule has 0 bridgehead atoms. The van der Waals surface area contributed by atoms with Gasteiger partial charge >= 0.3 is 0 Å². The van der Waals surface area contributed by atoms with Gasteiger partial charge in [-0.2, -0.15) is 0 Å². The van der Waals surface area contributed by atoms with E-state index in [0.717, 1.165) is 18.4 Å². The fourth-order valence-electron chi connectivity index (χ4n) is 1.82. The van der Waals surface area contributed by atoms with Gasteiger partial charge in [0.25, 0.3) is 0 Å². The summed E-state index contributed by atoms with van der Waals surface area (Å²) < 4.78 is 28.2. The molecule has 0 spiro atoms. The first kappa shape index (κ1) is 12.6. The second-order valence-electron chi connectivity index (χ2n) is 4.69. The zero-order valence-corrected chi connectivity index (χ0v) is 10.6. The number of sulfone groups is 1. The van der Waals surface area contributed by atoms with Gasteiger partial charge in [0.2, 0.25) is 0 Å².